The Bertz CT molecular complexity index is 822. The lowest BCUT2D eigenvalue weighted by Crippen LogP contribution is -2.41. The summed E-state index contributed by atoms with van der Waals surface area (Å²) in [5.74, 6) is -0.796. The Morgan fingerprint density at radius 1 is 1.25 bits per heavy atom. The molecule has 4 nitrogen and oxygen atoms in total. The highest BCUT2D eigenvalue weighted by Gasteiger charge is 2.50. The molecule has 0 spiro atoms. The lowest BCUT2D eigenvalue weighted by molar-refractivity contribution is -0.135. The molecule has 24 heavy (non-hydrogen) atoms. The van der Waals surface area contributed by atoms with Gasteiger partial charge in [-0.25, -0.2) is 0 Å². The molecule has 1 heterocycles. The number of aliphatic hydroxyl groups is 1. The van der Waals surface area contributed by atoms with Crippen molar-refractivity contribution in [2.45, 2.75) is 18.9 Å². The smallest absolute Gasteiger partial charge is 0.264 e. The lowest BCUT2D eigenvalue weighted by atomic mass is 9.88. The van der Waals surface area contributed by atoms with E-state index in [1.807, 2.05) is 6.92 Å². The number of amides is 1. The van der Waals surface area contributed by atoms with Gasteiger partial charge in [-0.3, -0.25) is 9.59 Å². The van der Waals surface area contributed by atoms with Gasteiger partial charge in [-0.1, -0.05) is 39.7 Å². The number of likely N-dealkylation sites (N-methyl/N-ethyl adjacent to an activating group) is 1. The molecule has 0 bridgehead atoms. The van der Waals surface area contributed by atoms with Gasteiger partial charge in [0.05, 0.1) is 12.1 Å². The van der Waals surface area contributed by atoms with Crippen LogP contribution in [0.15, 0.2) is 46.9 Å². The summed E-state index contributed by atoms with van der Waals surface area (Å²) >= 11 is 9.34. The Morgan fingerprint density at radius 2 is 1.92 bits per heavy atom. The highest BCUT2D eigenvalue weighted by molar-refractivity contribution is 9.10. The third-order valence-electron chi connectivity index (χ3n) is 4.19. The Balaban J connectivity index is 2.00. The molecule has 0 aliphatic carbocycles. The highest BCUT2D eigenvalue weighted by atomic mass is 79.9. The minimum Gasteiger partial charge on any atom is -0.375 e. The Hall–Kier alpha value is -1.69. The normalized spacial score (nSPS) is 19.5. The average Bonchev–Trinajstić information content (AvgIpc) is 2.76. The van der Waals surface area contributed by atoms with Crippen molar-refractivity contribution in [2.75, 3.05) is 11.4 Å². The quantitative estimate of drug-likeness (QED) is 0.780. The SMILES string of the molecule is CCN1C(=O)C(O)(CC(=O)c2ccc(Br)cc2)c2cc(Cl)ccc21. The summed E-state index contributed by atoms with van der Waals surface area (Å²) in [5.41, 5.74) is -0.469. The second kappa shape index (κ2) is 6.31. The Labute approximate surface area is 153 Å². The van der Waals surface area contributed by atoms with E-state index in [2.05, 4.69) is 15.9 Å². The van der Waals surface area contributed by atoms with E-state index in [-0.39, 0.29) is 12.2 Å². The summed E-state index contributed by atoms with van der Waals surface area (Å²) < 4.78 is 0.851. The number of ketones is 1. The fourth-order valence-electron chi connectivity index (χ4n) is 2.98. The van der Waals surface area contributed by atoms with Crippen LogP contribution in [0.5, 0.6) is 0 Å². The zero-order chi connectivity index (χ0) is 17.5. The maximum Gasteiger partial charge on any atom is 0.264 e. The maximum absolute atomic E-state index is 12.7. The minimum absolute atomic E-state index is 0.303. The summed E-state index contributed by atoms with van der Waals surface area (Å²) in [7, 11) is 0. The van der Waals surface area contributed by atoms with Gasteiger partial charge in [0, 0.05) is 27.2 Å². The van der Waals surface area contributed by atoms with Crippen LogP contribution in [0, 0.1) is 0 Å². The van der Waals surface area contributed by atoms with Crippen LogP contribution in [0.4, 0.5) is 5.69 Å². The summed E-state index contributed by atoms with van der Waals surface area (Å²) in [6.45, 7) is 2.22. The predicted octanol–water partition coefficient (Wildman–Crippen LogP) is 3.93. The Morgan fingerprint density at radius 3 is 2.54 bits per heavy atom. The van der Waals surface area contributed by atoms with E-state index in [0.717, 1.165) is 4.47 Å². The van der Waals surface area contributed by atoms with Crippen LogP contribution in [-0.4, -0.2) is 23.3 Å². The number of rotatable bonds is 4. The van der Waals surface area contributed by atoms with Crippen molar-refractivity contribution in [2.24, 2.45) is 0 Å². The third-order valence-corrected chi connectivity index (χ3v) is 4.96. The zero-order valence-corrected chi connectivity index (χ0v) is 15.3. The van der Waals surface area contributed by atoms with E-state index in [0.29, 0.717) is 28.4 Å². The van der Waals surface area contributed by atoms with E-state index in [4.69, 9.17) is 11.6 Å². The van der Waals surface area contributed by atoms with Crippen molar-refractivity contribution in [1.82, 2.24) is 0 Å². The highest BCUT2D eigenvalue weighted by Crippen LogP contribution is 2.43. The second-order valence-electron chi connectivity index (χ2n) is 5.68. The molecule has 0 aromatic heterocycles. The van der Waals surface area contributed by atoms with E-state index >= 15 is 0 Å². The summed E-state index contributed by atoms with van der Waals surface area (Å²) in [4.78, 5) is 26.8. The van der Waals surface area contributed by atoms with Crippen LogP contribution in [0.3, 0.4) is 0 Å². The van der Waals surface area contributed by atoms with Crippen LogP contribution in [0.1, 0.15) is 29.3 Å². The molecule has 2 aromatic carbocycles. The van der Waals surface area contributed by atoms with Gasteiger partial charge >= 0.3 is 0 Å². The van der Waals surface area contributed by atoms with Crippen molar-refractivity contribution in [1.29, 1.82) is 0 Å². The molecule has 1 N–H and O–H groups in total. The number of nitrogens with zero attached hydrogens (tertiary/aromatic N) is 1. The first kappa shape index (κ1) is 17.1. The van der Waals surface area contributed by atoms with Gasteiger partial charge in [-0.05, 0) is 37.3 Å². The molecule has 0 saturated heterocycles. The topological polar surface area (TPSA) is 57.6 Å². The van der Waals surface area contributed by atoms with E-state index in [1.165, 1.54) is 4.90 Å². The molecule has 1 aliphatic rings. The number of hydrogen-bond acceptors (Lipinski definition) is 3. The van der Waals surface area contributed by atoms with Gasteiger partial charge in [-0.2, -0.15) is 0 Å². The molecule has 1 atom stereocenters. The number of Topliss-reactive ketones (excluding diaryl/α,β-unsaturated/α-hetero) is 1. The zero-order valence-electron chi connectivity index (χ0n) is 12.9. The van der Waals surface area contributed by atoms with Gasteiger partial charge in [-0.15, -0.1) is 0 Å². The molecule has 124 valence electrons. The van der Waals surface area contributed by atoms with Gasteiger partial charge in [0.1, 0.15) is 0 Å². The standard InChI is InChI=1S/C18H15BrClNO3/c1-2-21-15-8-7-13(20)9-14(15)18(24,17(21)23)10-16(22)11-3-5-12(19)6-4-11/h3-9,24H,2,10H2,1H3. The number of benzene rings is 2. The lowest BCUT2D eigenvalue weighted by Gasteiger charge is -2.22. The summed E-state index contributed by atoms with van der Waals surface area (Å²) in [6.07, 6.45) is -0.322. The van der Waals surface area contributed by atoms with Gasteiger partial charge in [0.15, 0.2) is 11.4 Å². The van der Waals surface area contributed by atoms with Crippen molar-refractivity contribution < 1.29 is 14.7 Å². The van der Waals surface area contributed by atoms with Crippen molar-refractivity contribution >= 4 is 44.9 Å². The summed E-state index contributed by atoms with van der Waals surface area (Å²) in [6, 6.07) is 11.7. The first-order valence-electron chi connectivity index (χ1n) is 7.50. The molecule has 6 heteroatoms. The average molecular weight is 409 g/mol. The summed E-state index contributed by atoms with van der Waals surface area (Å²) in [5, 5.41) is 11.5. The third kappa shape index (κ3) is 2.77. The fourth-order valence-corrected chi connectivity index (χ4v) is 3.41. The molecule has 1 amide bonds. The first-order valence-corrected chi connectivity index (χ1v) is 8.67. The fraction of sp³-hybridized carbons (Fsp3) is 0.222. The maximum atomic E-state index is 12.7. The largest absolute Gasteiger partial charge is 0.375 e. The monoisotopic (exact) mass is 407 g/mol. The van der Waals surface area contributed by atoms with E-state index in [9.17, 15) is 14.7 Å². The van der Waals surface area contributed by atoms with E-state index < -0.39 is 11.5 Å². The number of hydrogen-bond donors (Lipinski definition) is 1. The predicted molar refractivity (Wildman–Crippen MR) is 96.5 cm³/mol. The number of carbonyl (C=O) groups excluding carboxylic acids is 2. The van der Waals surface area contributed by atoms with Gasteiger partial charge in [0.25, 0.3) is 5.91 Å². The molecular weight excluding hydrogens is 394 g/mol. The number of halogens is 2. The molecule has 0 fully saturated rings. The van der Waals surface area contributed by atoms with Crippen LogP contribution in [0.25, 0.3) is 0 Å². The molecule has 1 unspecified atom stereocenters. The molecule has 1 aliphatic heterocycles. The van der Waals surface area contributed by atoms with Crippen LogP contribution >= 0.6 is 27.5 Å². The molecular formula is C18H15BrClNO3. The van der Waals surface area contributed by atoms with Crippen molar-refractivity contribution in [3.8, 4) is 0 Å². The van der Waals surface area contributed by atoms with Gasteiger partial charge < -0.3 is 10.0 Å². The van der Waals surface area contributed by atoms with Gasteiger partial charge in [0.2, 0.25) is 0 Å². The van der Waals surface area contributed by atoms with Crippen molar-refractivity contribution in [3.05, 3.63) is 63.1 Å². The second-order valence-corrected chi connectivity index (χ2v) is 7.03. The molecule has 3 rings (SSSR count). The molecule has 2 aromatic rings. The van der Waals surface area contributed by atoms with E-state index in [1.54, 1.807) is 42.5 Å². The number of fused-ring (bicyclic) bond motifs is 1. The minimum atomic E-state index is -1.89. The first-order chi connectivity index (χ1) is 11.4. The van der Waals surface area contributed by atoms with Crippen molar-refractivity contribution in [3.63, 3.8) is 0 Å². The Kier molecular flexibility index (Phi) is 4.51. The van der Waals surface area contributed by atoms with Crippen LogP contribution < -0.4 is 4.90 Å². The number of anilines is 1. The molecule has 0 radical (unpaired) electrons. The van der Waals surface area contributed by atoms with Crippen LogP contribution in [0.2, 0.25) is 5.02 Å². The number of carbonyl (C=O) groups is 2. The van der Waals surface area contributed by atoms with Crippen LogP contribution in [-0.2, 0) is 10.4 Å². The molecule has 0 saturated carbocycles.